The number of aryl methyl sites for hydroxylation is 1. The molecule has 1 aliphatic carbocycles. The van der Waals surface area contributed by atoms with Crippen LogP contribution in [-0.4, -0.2) is 36.3 Å². The van der Waals surface area contributed by atoms with Crippen molar-refractivity contribution < 1.29 is 5.76 Å². The van der Waals surface area contributed by atoms with E-state index in [0.29, 0.717) is 40.3 Å². The molecule has 3 heterocycles. The standard InChI is InChI=1S/C31H32FN9/c1-31(2,3)18-35-28-20(13-33)14-34-30-25(21-15-36-40(4)16-21)11-23(12-26(28)30)37-29(19-5-7-22(32)8-6-19)27-17-41(39-38-27)24-9-10-24/h5-8,11-12,14-17,24,29,37H,9-10,18H2,1-4H3,(H,34,35)/t29-/m0/s1/i29D. The molecule has 0 radical (unpaired) electrons. The first-order valence-corrected chi connectivity index (χ1v) is 13.6. The first-order chi connectivity index (χ1) is 20.0. The van der Waals surface area contributed by atoms with Crippen LogP contribution in [0.4, 0.5) is 15.8 Å². The number of aromatic nitrogens is 6. The second-order valence-corrected chi connectivity index (χ2v) is 11.7. The number of anilines is 2. The average molecular weight is 551 g/mol. The van der Waals surface area contributed by atoms with E-state index in [1.807, 2.05) is 25.4 Å². The smallest absolute Gasteiger partial charge is 0.123 e. The van der Waals surface area contributed by atoms with Crippen LogP contribution in [0.5, 0.6) is 0 Å². The number of benzene rings is 2. The van der Waals surface area contributed by atoms with Crippen molar-refractivity contribution in [1.82, 2.24) is 29.8 Å². The Morgan fingerprint density at radius 2 is 1.95 bits per heavy atom. The Morgan fingerprint density at radius 1 is 1.17 bits per heavy atom. The molecule has 2 N–H and O–H groups in total. The van der Waals surface area contributed by atoms with Gasteiger partial charge in [-0.3, -0.25) is 9.67 Å². The van der Waals surface area contributed by atoms with E-state index in [-0.39, 0.29) is 11.5 Å². The summed E-state index contributed by atoms with van der Waals surface area (Å²) in [6.45, 7) is 6.99. The van der Waals surface area contributed by atoms with E-state index < -0.39 is 11.8 Å². The van der Waals surface area contributed by atoms with Gasteiger partial charge >= 0.3 is 0 Å². The Balaban J connectivity index is 1.55. The van der Waals surface area contributed by atoms with E-state index in [1.54, 1.807) is 40.1 Å². The molecule has 1 aliphatic rings. The van der Waals surface area contributed by atoms with Crippen molar-refractivity contribution in [2.75, 3.05) is 17.2 Å². The molecular weight excluding hydrogens is 517 g/mol. The summed E-state index contributed by atoms with van der Waals surface area (Å²) in [5, 5.41) is 30.6. The van der Waals surface area contributed by atoms with Crippen LogP contribution in [0.15, 0.2) is 61.2 Å². The zero-order valence-electron chi connectivity index (χ0n) is 24.5. The monoisotopic (exact) mass is 550 g/mol. The van der Waals surface area contributed by atoms with Crippen molar-refractivity contribution in [2.24, 2.45) is 12.5 Å². The highest BCUT2D eigenvalue weighted by molar-refractivity contribution is 6.04. The molecule has 0 bridgehead atoms. The molecule has 0 amide bonds. The summed E-state index contributed by atoms with van der Waals surface area (Å²) in [7, 11) is 1.85. The lowest BCUT2D eigenvalue weighted by molar-refractivity contribution is 0.443. The summed E-state index contributed by atoms with van der Waals surface area (Å²) in [6.07, 6.45) is 9.08. The summed E-state index contributed by atoms with van der Waals surface area (Å²) >= 11 is 0. The highest BCUT2D eigenvalue weighted by Gasteiger charge is 2.27. The number of rotatable bonds is 8. The number of pyridine rings is 1. The summed E-state index contributed by atoms with van der Waals surface area (Å²) in [5.74, 6) is -0.392. The first kappa shape index (κ1) is 25.2. The van der Waals surface area contributed by atoms with Crippen LogP contribution in [0.2, 0.25) is 0 Å². The molecule has 1 atom stereocenters. The fourth-order valence-electron chi connectivity index (χ4n) is 4.74. The van der Waals surface area contributed by atoms with Crippen molar-refractivity contribution in [1.29, 1.82) is 5.26 Å². The number of fused-ring (bicyclic) bond motifs is 1. The molecule has 0 spiro atoms. The fraction of sp³-hybridized carbons (Fsp3) is 0.323. The normalized spacial score (nSPS) is 15.3. The van der Waals surface area contributed by atoms with Gasteiger partial charge in [0.1, 0.15) is 17.6 Å². The number of nitrogens with one attached hydrogen (secondary N) is 2. The van der Waals surface area contributed by atoms with Gasteiger partial charge in [0.15, 0.2) is 0 Å². The molecule has 1 saturated carbocycles. The number of hydrogen-bond acceptors (Lipinski definition) is 7. The molecule has 3 aromatic heterocycles. The zero-order chi connectivity index (χ0) is 29.6. The lowest BCUT2D eigenvalue weighted by atomic mass is 9.95. The van der Waals surface area contributed by atoms with Crippen molar-refractivity contribution in [2.45, 2.75) is 45.7 Å². The predicted molar refractivity (Wildman–Crippen MR) is 157 cm³/mol. The quantitative estimate of drug-likeness (QED) is 0.236. The Bertz CT molecular complexity index is 1810. The third kappa shape index (κ3) is 5.61. The predicted octanol–water partition coefficient (Wildman–Crippen LogP) is 6.23. The molecule has 10 heteroatoms. The van der Waals surface area contributed by atoms with Crippen LogP contribution in [0.1, 0.15) is 63.9 Å². The second-order valence-electron chi connectivity index (χ2n) is 11.7. The Kier molecular flexibility index (Phi) is 6.34. The van der Waals surface area contributed by atoms with Crippen LogP contribution in [0, 0.1) is 22.6 Å². The minimum absolute atomic E-state index is 0.0450. The Morgan fingerprint density at radius 3 is 2.61 bits per heavy atom. The lowest BCUT2D eigenvalue weighted by Gasteiger charge is -2.23. The molecule has 41 heavy (non-hydrogen) atoms. The molecule has 1 fully saturated rings. The summed E-state index contributed by atoms with van der Waals surface area (Å²) in [6, 6.07) is 10.6. The van der Waals surface area contributed by atoms with Crippen LogP contribution in [0.3, 0.4) is 0 Å². The van der Waals surface area contributed by atoms with Crippen LogP contribution < -0.4 is 10.6 Å². The van der Waals surface area contributed by atoms with Gasteiger partial charge in [-0.2, -0.15) is 10.4 Å². The number of hydrogen-bond donors (Lipinski definition) is 2. The maximum Gasteiger partial charge on any atom is 0.123 e. The largest absolute Gasteiger partial charge is 0.383 e. The molecular formula is C31H32FN9. The fourth-order valence-corrected chi connectivity index (χ4v) is 4.74. The van der Waals surface area contributed by atoms with Crippen LogP contribution in [-0.2, 0) is 7.05 Å². The van der Waals surface area contributed by atoms with E-state index in [0.717, 1.165) is 29.4 Å². The maximum atomic E-state index is 13.9. The Hall–Kier alpha value is -4.78. The van der Waals surface area contributed by atoms with Gasteiger partial charge in [0, 0.05) is 48.2 Å². The Labute approximate surface area is 239 Å². The molecule has 208 valence electrons. The van der Waals surface area contributed by atoms with E-state index in [1.165, 1.54) is 12.1 Å². The van der Waals surface area contributed by atoms with Gasteiger partial charge in [-0.15, -0.1) is 5.10 Å². The summed E-state index contributed by atoms with van der Waals surface area (Å²) in [5.41, 5.74) is 4.85. The number of halogens is 1. The van der Waals surface area contributed by atoms with E-state index in [9.17, 15) is 11.0 Å². The average Bonchev–Trinajstić information content (AvgIpc) is 3.51. The van der Waals surface area contributed by atoms with Gasteiger partial charge in [-0.25, -0.2) is 9.07 Å². The topological polar surface area (TPSA) is 109 Å². The molecule has 0 aliphatic heterocycles. The van der Waals surface area contributed by atoms with Crippen LogP contribution in [0.25, 0.3) is 22.0 Å². The highest BCUT2D eigenvalue weighted by Crippen LogP contribution is 2.39. The maximum absolute atomic E-state index is 13.9. The van der Waals surface area contributed by atoms with Crippen molar-refractivity contribution in [3.05, 3.63) is 83.8 Å². The third-order valence-corrected chi connectivity index (χ3v) is 6.99. The van der Waals surface area contributed by atoms with Crippen molar-refractivity contribution in [3.8, 4) is 17.2 Å². The lowest BCUT2D eigenvalue weighted by Crippen LogP contribution is -2.20. The van der Waals surface area contributed by atoms with Gasteiger partial charge in [0.25, 0.3) is 0 Å². The second kappa shape index (κ2) is 10.3. The highest BCUT2D eigenvalue weighted by atomic mass is 19.1. The van der Waals surface area contributed by atoms with Gasteiger partial charge in [0.2, 0.25) is 0 Å². The van der Waals surface area contributed by atoms with E-state index in [2.05, 4.69) is 52.9 Å². The van der Waals surface area contributed by atoms with Crippen molar-refractivity contribution in [3.63, 3.8) is 0 Å². The molecule has 2 aromatic carbocycles. The van der Waals surface area contributed by atoms with Crippen molar-refractivity contribution >= 4 is 22.3 Å². The summed E-state index contributed by atoms with van der Waals surface area (Å²) < 4.78 is 27.2. The van der Waals surface area contributed by atoms with Gasteiger partial charge in [-0.05, 0) is 48.1 Å². The van der Waals surface area contributed by atoms with Crippen LogP contribution >= 0.6 is 0 Å². The first-order valence-electron chi connectivity index (χ1n) is 14.1. The molecule has 6 rings (SSSR count). The molecule has 9 nitrogen and oxygen atoms in total. The van der Waals surface area contributed by atoms with E-state index in [4.69, 9.17) is 4.98 Å². The SMILES string of the molecule is [2H][C@](Nc1cc(-c2cnn(C)c2)c2ncc(C#N)c(NCC(C)(C)C)c2c1)(c1ccc(F)cc1)c1cn(C2CC2)nn1. The number of nitrogens with zero attached hydrogens (tertiary/aromatic N) is 7. The number of nitriles is 1. The molecule has 0 saturated heterocycles. The minimum atomic E-state index is -1.60. The third-order valence-electron chi connectivity index (χ3n) is 6.99. The zero-order valence-corrected chi connectivity index (χ0v) is 23.5. The van der Waals surface area contributed by atoms with Gasteiger partial charge in [0.05, 0.1) is 42.6 Å². The summed E-state index contributed by atoms with van der Waals surface area (Å²) in [4.78, 5) is 4.69. The van der Waals surface area contributed by atoms with Gasteiger partial charge in [-0.1, -0.05) is 38.1 Å². The van der Waals surface area contributed by atoms with E-state index >= 15 is 0 Å². The van der Waals surface area contributed by atoms with Gasteiger partial charge < -0.3 is 10.6 Å². The molecule has 5 aromatic rings. The minimum Gasteiger partial charge on any atom is -0.383 e. The molecule has 0 unspecified atom stereocenters.